The smallest absolute Gasteiger partial charge is 0.293 e. The predicted octanol–water partition coefficient (Wildman–Crippen LogP) is 7.80. The molecule has 0 unspecified atom stereocenters. The molecule has 5 rings (SSSR count). The maximum absolute atomic E-state index is 13.2. The van der Waals surface area contributed by atoms with Crippen LogP contribution in [0.3, 0.4) is 0 Å². The molecule has 0 saturated carbocycles. The van der Waals surface area contributed by atoms with Crippen molar-refractivity contribution < 1.29 is 9.59 Å². The van der Waals surface area contributed by atoms with Crippen molar-refractivity contribution >= 4 is 63.1 Å². The van der Waals surface area contributed by atoms with Gasteiger partial charge in [-0.15, -0.1) is 0 Å². The number of hydrogen-bond donors (Lipinski definition) is 0. The number of amides is 2. The van der Waals surface area contributed by atoms with Gasteiger partial charge in [-0.05, 0) is 59.1 Å². The Kier molecular flexibility index (Phi) is 6.74. The first-order valence-corrected chi connectivity index (χ1v) is 12.9. The number of benzene rings is 3. The molecule has 1 aliphatic rings. The van der Waals surface area contributed by atoms with Crippen molar-refractivity contribution in [2.45, 2.75) is 26.4 Å². The second kappa shape index (κ2) is 9.94. The number of para-hydroxylation sites is 1. The number of hydrogen-bond acceptors (Lipinski definition) is 3. The van der Waals surface area contributed by atoms with Crippen LogP contribution in [0.5, 0.6) is 0 Å². The average molecular weight is 521 g/mol. The van der Waals surface area contributed by atoms with Crippen LogP contribution < -0.4 is 0 Å². The average Bonchev–Trinajstić information content (AvgIpc) is 3.33. The summed E-state index contributed by atoms with van der Waals surface area (Å²) < 4.78 is 2.21. The maximum Gasteiger partial charge on any atom is 0.293 e. The van der Waals surface area contributed by atoms with Crippen molar-refractivity contribution in [2.75, 3.05) is 0 Å². The normalized spacial score (nSPS) is 15.1. The lowest BCUT2D eigenvalue weighted by molar-refractivity contribution is -0.123. The van der Waals surface area contributed by atoms with E-state index >= 15 is 0 Å². The molecule has 1 aromatic heterocycles. The van der Waals surface area contributed by atoms with Crippen LogP contribution in [0.25, 0.3) is 17.0 Å². The Hall–Kier alpha value is -2.99. The number of halogens is 2. The Bertz CT molecular complexity index is 1470. The lowest BCUT2D eigenvalue weighted by Crippen LogP contribution is -2.27. The van der Waals surface area contributed by atoms with Crippen LogP contribution in [-0.2, 0) is 24.3 Å². The summed E-state index contributed by atoms with van der Waals surface area (Å²) >= 11 is 13.3. The Morgan fingerprint density at radius 2 is 1.63 bits per heavy atom. The molecule has 0 bridgehead atoms. The van der Waals surface area contributed by atoms with Gasteiger partial charge in [-0.25, -0.2) is 0 Å². The van der Waals surface area contributed by atoms with E-state index in [9.17, 15) is 9.59 Å². The lowest BCUT2D eigenvalue weighted by atomic mass is 10.1. The molecular weight excluding hydrogens is 499 g/mol. The molecule has 0 N–H and O–H groups in total. The molecule has 2 heterocycles. The van der Waals surface area contributed by atoms with E-state index in [1.165, 1.54) is 10.5 Å². The van der Waals surface area contributed by atoms with Crippen LogP contribution >= 0.6 is 35.0 Å². The van der Waals surface area contributed by atoms with Crippen LogP contribution in [0.1, 0.15) is 29.2 Å². The summed E-state index contributed by atoms with van der Waals surface area (Å²) in [6.45, 7) is 2.96. The van der Waals surface area contributed by atoms with Gasteiger partial charge < -0.3 is 4.57 Å². The molecule has 0 radical (unpaired) electrons. The first-order valence-electron chi connectivity index (χ1n) is 11.3. The number of aromatic nitrogens is 1. The van der Waals surface area contributed by atoms with Gasteiger partial charge in [-0.2, -0.15) is 0 Å². The Morgan fingerprint density at radius 1 is 0.886 bits per heavy atom. The molecule has 1 saturated heterocycles. The van der Waals surface area contributed by atoms with Gasteiger partial charge in [0.1, 0.15) is 0 Å². The fourth-order valence-corrected chi connectivity index (χ4v) is 5.50. The summed E-state index contributed by atoms with van der Waals surface area (Å²) in [5.74, 6) is -0.301. The molecule has 4 nitrogen and oxygen atoms in total. The highest BCUT2D eigenvalue weighted by molar-refractivity contribution is 8.18. The Morgan fingerprint density at radius 3 is 2.37 bits per heavy atom. The SMILES string of the molecule is CCc1cccc2c(/C=C3\SC(=O)N(Cc4ccccc4Cl)C3=O)cn(Cc3ccc(Cl)cc3)c12. The summed E-state index contributed by atoms with van der Waals surface area (Å²) in [7, 11) is 0. The third-order valence-electron chi connectivity index (χ3n) is 6.11. The fraction of sp³-hybridized carbons (Fsp3) is 0.143. The van der Waals surface area contributed by atoms with Crippen LogP contribution in [0.4, 0.5) is 4.79 Å². The molecule has 0 atom stereocenters. The first kappa shape index (κ1) is 23.7. The van der Waals surface area contributed by atoms with Crippen molar-refractivity contribution in [2.24, 2.45) is 0 Å². The minimum absolute atomic E-state index is 0.153. The van der Waals surface area contributed by atoms with E-state index in [0.717, 1.165) is 45.8 Å². The van der Waals surface area contributed by atoms with Crippen LogP contribution in [0, 0.1) is 0 Å². The first-order chi connectivity index (χ1) is 16.9. The zero-order valence-electron chi connectivity index (χ0n) is 19.0. The second-order valence-corrected chi connectivity index (χ2v) is 10.2. The molecule has 176 valence electrons. The quantitative estimate of drug-likeness (QED) is 0.243. The van der Waals surface area contributed by atoms with Gasteiger partial charge in [0.25, 0.3) is 11.1 Å². The molecular formula is C28H22Cl2N2O2S. The summed E-state index contributed by atoms with van der Waals surface area (Å²) in [5, 5.41) is 2.00. The minimum Gasteiger partial charge on any atom is -0.342 e. The van der Waals surface area contributed by atoms with E-state index in [1.807, 2.05) is 54.6 Å². The molecule has 1 fully saturated rings. The largest absolute Gasteiger partial charge is 0.342 e. The zero-order valence-corrected chi connectivity index (χ0v) is 21.3. The molecule has 3 aromatic carbocycles. The molecule has 0 spiro atoms. The fourth-order valence-electron chi connectivity index (χ4n) is 4.35. The number of nitrogens with zero attached hydrogens (tertiary/aromatic N) is 2. The van der Waals surface area contributed by atoms with E-state index in [4.69, 9.17) is 23.2 Å². The van der Waals surface area contributed by atoms with E-state index in [2.05, 4.69) is 29.8 Å². The van der Waals surface area contributed by atoms with Crippen molar-refractivity contribution in [1.82, 2.24) is 9.47 Å². The number of thioether (sulfide) groups is 1. The molecule has 2 amide bonds. The number of aryl methyl sites for hydroxylation is 1. The monoisotopic (exact) mass is 520 g/mol. The highest BCUT2D eigenvalue weighted by atomic mass is 35.5. The van der Waals surface area contributed by atoms with Crippen LogP contribution in [0.2, 0.25) is 10.0 Å². The van der Waals surface area contributed by atoms with Gasteiger partial charge in [0.05, 0.1) is 17.0 Å². The second-order valence-electron chi connectivity index (χ2n) is 8.36. The Labute approximate surface area is 218 Å². The molecule has 35 heavy (non-hydrogen) atoms. The van der Waals surface area contributed by atoms with Gasteiger partial charge in [-0.3, -0.25) is 14.5 Å². The topological polar surface area (TPSA) is 42.3 Å². The molecule has 4 aromatic rings. The van der Waals surface area contributed by atoms with E-state index < -0.39 is 0 Å². The summed E-state index contributed by atoms with van der Waals surface area (Å²) in [6.07, 6.45) is 4.77. The van der Waals surface area contributed by atoms with E-state index in [-0.39, 0.29) is 17.7 Å². The summed E-state index contributed by atoms with van der Waals surface area (Å²) in [5.41, 5.74) is 5.13. The van der Waals surface area contributed by atoms with E-state index in [1.54, 1.807) is 6.07 Å². The number of fused-ring (bicyclic) bond motifs is 1. The predicted molar refractivity (Wildman–Crippen MR) is 145 cm³/mol. The van der Waals surface area contributed by atoms with Crippen LogP contribution in [0.15, 0.2) is 77.8 Å². The number of rotatable bonds is 6. The van der Waals surface area contributed by atoms with Crippen molar-refractivity contribution in [3.05, 3.63) is 110 Å². The molecule has 1 aliphatic heterocycles. The van der Waals surface area contributed by atoms with Crippen molar-refractivity contribution in [3.63, 3.8) is 0 Å². The van der Waals surface area contributed by atoms with Gasteiger partial charge in [0, 0.05) is 33.7 Å². The summed E-state index contributed by atoms with van der Waals surface area (Å²) in [6, 6.07) is 21.3. The van der Waals surface area contributed by atoms with Gasteiger partial charge >= 0.3 is 0 Å². The zero-order chi connectivity index (χ0) is 24.5. The number of carbonyl (C=O) groups excluding carboxylic acids is 2. The highest BCUT2D eigenvalue weighted by Gasteiger charge is 2.35. The van der Waals surface area contributed by atoms with E-state index in [0.29, 0.717) is 21.5 Å². The molecule has 0 aliphatic carbocycles. The highest BCUT2D eigenvalue weighted by Crippen LogP contribution is 2.36. The minimum atomic E-state index is -0.301. The summed E-state index contributed by atoms with van der Waals surface area (Å²) in [4.78, 5) is 27.5. The van der Waals surface area contributed by atoms with Gasteiger partial charge in [-0.1, -0.05) is 78.7 Å². The third-order valence-corrected chi connectivity index (χ3v) is 7.63. The number of imide groups is 1. The van der Waals surface area contributed by atoms with Gasteiger partial charge in [0.15, 0.2) is 0 Å². The third kappa shape index (κ3) is 4.76. The molecule has 7 heteroatoms. The van der Waals surface area contributed by atoms with Crippen molar-refractivity contribution in [1.29, 1.82) is 0 Å². The number of carbonyl (C=O) groups is 2. The lowest BCUT2D eigenvalue weighted by Gasteiger charge is -2.13. The standard InChI is InChI=1S/C28H22Cl2N2O2S/c1-2-19-7-5-8-23-21(16-31(26(19)23)15-18-10-12-22(29)13-11-18)14-25-27(33)32(28(34)35-25)17-20-6-3-4-9-24(20)30/h3-14,16H,2,15,17H2,1H3/b25-14-. The van der Waals surface area contributed by atoms with Gasteiger partial charge in [0.2, 0.25) is 0 Å². The van der Waals surface area contributed by atoms with Crippen molar-refractivity contribution in [3.8, 4) is 0 Å². The maximum atomic E-state index is 13.2. The Balaban J connectivity index is 1.51. The van der Waals surface area contributed by atoms with Crippen LogP contribution in [-0.4, -0.2) is 20.6 Å².